The third-order valence-electron chi connectivity index (χ3n) is 3.52. The van der Waals surface area contributed by atoms with Crippen LogP contribution in [0.2, 0.25) is 0 Å². The molecule has 0 aliphatic carbocycles. The van der Waals surface area contributed by atoms with Crippen LogP contribution in [0.4, 0.5) is 0 Å². The van der Waals surface area contributed by atoms with E-state index in [2.05, 4.69) is 9.98 Å². The lowest BCUT2D eigenvalue weighted by molar-refractivity contribution is -0.113. The lowest BCUT2D eigenvalue weighted by Gasteiger charge is -2.14. The number of amides is 1. The number of carbonyl (C=O) groups is 2. The van der Waals surface area contributed by atoms with E-state index in [1.165, 1.54) is 30.6 Å². The molecule has 0 unspecified atom stereocenters. The van der Waals surface area contributed by atoms with Gasteiger partial charge < -0.3 is 10.1 Å². The summed E-state index contributed by atoms with van der Waals surface area (Å²) in [5.41, 5.74) is 2.08. The van der Waals surface area contributed by atoms with Gasteiger partial charge in [0.15, 0.2) is 0 Å². The van der Waals surface area contributed by atoms with Gasteiger partial charge in [-0.1, -0.05) is 18.2 Å². The Morgan fingerprint density at radius 3 is 2.33 bits per heavy atom. The number of aromatic carboxylic acids is 1. The number of H-pyrrole nitrogens is 1. The number of aromatic nitrogens is 1. The number of hydrogen-bond donors (Lipinski definition) is 2. The van der Waals surface area contributed by atoms with Crippen LogP contribution in [0, 0.1) is 0 Å². The molecule has 6 nitrogen and oxygen atoms in total. The molecule has 0 bridgehead atoms. The van der Waals surface area contributed by atoms with Crippen LogP contribution in [-0.4, -0.2) is 28.2 Å². The molecule has 0 radical (unpaired) electrons. The molecule has 2 N–H and O–H groups in total. The summed E-state index contributed by atoms with van der Waals surface area (Å²) < 4.78 is 0. The second-order valence-corrected chi connectivity index (χ2v) is 5.05. The molecule has 1 aromatic carbocycles. The zero-order valence-electron chi connectivity index (χ0n) is 12.4. The van der Waals surface area contributed by atoms with Crippen molar-refractivity contribution >= 4 is 23.7 Å². The zero-order chi connectivity index (χ0) is 17.1. The summed E-state index contributed by atoms with van der Waals surface area (Å²) in [4.78, 5) is 40.5. The number of aliphatic imine (C=N–C) groups is 1. The summed E-state index contributed by atoms with van der Waals surface area (Å²) in [7, 11) is 0. The maximum atomic E-state index is 11.6. The number of dihydropyridines is 1. The van der Waals surface area contributed by atoms with Crippen molar-refractivity contribution in [1.29, 1.82) is 0 Å². The number of carbonyl (C=O) groups excluding carboxylic acids is 1. The molecule has 2 heterocycles. The van der Waals surface area contributed by atoms with Gasteiger partial charge in [0.1, 0.15) is 0 Å². The van der Waals surface area contributed by atoms with Crippen molar-refractivity contribution in [3.05, 3.63) is 87.4 Å². The van der Waals surface area contributed by atoms with Gasteiger partial charge >= 0.3 is 5.97 Å². The van der Waals surface area contributed by atoms with Gasteiger partial charge in [0, 0.05) is 30.1 Å². The Bertz CT molecular complexity index is 942. The zero-order valence-corrected chi connectivity index (χ0v) is 12.4. The highest BCUT2D eigenvalue weighted by Crippen LogP contribution is 2.29. The van der Waals surface area contributed by atoms with E-state index < -0.39 is 5.97 Å². The lowest BCUT2D eigenvalue weighted by atomic mass is 9.90. The molecular formula is C18H12N2O4. The molecular weight excluding hydrogens is 308 g/mol. The number of nitrogens with one attached hydrogen (secondary N) is 1. The minimum atomic E-state index is -1.07. The van der Waals surface area contributed by atoms with E-state index in [4.69, 9.17) is 0 Å². The highest BCUT2D eigenvalue weighted by Gasteiger charge is 2.18. The molecule has 0 saturated carbocycles. The maximum Gasteiger partial charge on any atom is 0.336 e. The highest BCUT2D eigenvalue weighted by molar-refractivity contribution is 6.10. The molecule has 24 heavy (non-hydrogen) atoms. The molecule has 6 heteroatoms. The van der Waals surface area contributed by atoms with Crippen LogP contribution in [-0.2, 0) is 4.79 Å². The third kappa shape index (κ3) is 2.98. The van der Waals surface area contributed by atoms with Crippen molar-refractivity contribution < 1.29 is 14.7 Å². The number of benzene rings is 1. The Morgan fingerprint density at radius 2 is 1.75 bits per heavy atom. The van der Waals surface area contributed by atoms with Crippen molar-refractivity contribution in [2.75, 3.05) is 0 Å². The summed E-state index contributed by atoms with van der Waals surface area (Å²) >= 11 is 0. The van der Waals surface area contributed by atoms with Crippen molar-refractivity contribution in [3.8, 4) is 0 Å². The first kappa shape index (κ1) is 15.4. The van der Waals surface area contributed by atoms with Crippen molar-refractivity contribution in [3.63, 3.8) is 0 Å². The average Bonchev–Trinajstić information content (AvgIpc) is 2.59. The summed E-state index contributed by atoms with van der Waals surface area (Å²) in [6, 6.07) is 9.49. The van der Waals surface area contributed by atoms with Crippen molar-refractivity contribution in [2.45, 2.75) is 0 Å². The van der Waals surface area contributed by atoms with E-state index in [9.17, 15) is 19.5 Å². The van der Waals surface area contributed by atoms with Gasteiger partial charge in [-0.3, -0.25) is 9.59 Å². The Kier molecular flexibility index (Phi) is 4.03. The van der Waals surface area contributed by atoms with Crippen LogP contribution in [0.15, 0.2) is 70.1 Å². The predicted molar refractivity (Wildman–Crippen MR) is 89.1 cm³/mol. The number of nitrogens with zero attached hydrogens (tertiary/aromatic N) is 1. The molecule has 118 valence electrons. The molecule has 1 aliphatic heterocycles. The van der Waals surface area contributed by atoms with Gasteiger partial charge in [-0.15, -0.1) is 0 Å². The number of carboxylic acids is 1. The Balaban J connectivity index is 2.30. The fourth-order valence-electron chi connectivity index (χ4n) is 2.46. The second kappa shape index (κ2) is 6.29. The summed E-state index contributed by atoms with van der Waals surface area (Å²) in [6.07, 6.45) is 5.78. The molecule has 1 aliphatic rings. The molecule has 0 atom stereocenters. The lowest BCUT2D eigenvalue weighted by Crippen LogP contribution is -2.08. The normalized spacial score (nSPS) is 15.4. The van der Waals surface area contributed by atoms with Gasteiger partial charge in [-0.05, 0) is 34.9 Å². The molecule has 2 aromatic rings. The highest BCUT2D eigenvalue weighted by atomic mass is 16.4. The van der Waals surface area contributed by atoms with Gasteiger partial charge in [-0.2, -0.15) is 0 Å². The molecule has 0 saturated heterocycles. The van der Waals surface area contributed by atoms with Crippen molar-refractivity contribution in [1.82, 2.24) is 4.98 Å². The molecule has 1 aromatic heterocycles. The fraction of sp³-hybridized carbons (Fsp3) is 0. The van der Waals surface area contributed by atoms with E-state index in [1.54, 1.807) is 30.3 Å². The van der Waals surface area contributed by atoms with Crippen LogP contribution in [0.3, 0.4) is 0 Å². The smallest absolute Gasteiger partial charge is 0.336 e. The first-order valence-electron chi connectivity index (χ1n) is 7.08. The third-order valence-corrected chi connectivity index (χ3v) is 3.52. The second-order valence-electron chi connectivity index (χ2n) is 5.05. The molecule has 0 spiro atoms. The number of pyridine rings is 1. The van der Waals surface area contributed by atoms with Crippen molar-refractivity contribution in [2.24, 2.45) is 4.99 Å². The minimum absolute atomic E-state index is 0.116. The van der Waals surface area contributed by atoms with Gasteiger partial charge in [-0.25, -0.2) is 9.79 Å². The summed E-state index contributed by atoms with van der Waals surface area (Å²) in [5, 5.41) is 9.46. The van der Waals surface area contributed by atoms with E-state index in [0.717, 1.165) is 0 Å². The van der Waals surface area contributed by atoms with E-state index >= 15 is 0 Å². The summed E-state index contributed by atoms with van der Waals surface area (Å²) in [5.74, 6) is -1.45. The summed E-state index contributed by atoms with van der Waals surface area (Å²) in [6.45, 7) is 0. The topological polar surface area (TPSA) is 99.6 Å². The van der Waals surface area contributed by atoms with Crippen LogP contribution in [0.5, 0.6) is 0 Å². The average molecular weight is 320 g/mol. The van der Waals surface area contributed by atoms with Gasteiger partial charge in [0.25, 0.3) is 5.91 Å². The predicted octanol–water partition coefficient (Wildman–Crippen LogP) is 2.04. The number of aromatic amines is 1. The molecule has 3 rings (SSSR count). The van der Waals surface area contributed by atoms with Crippen LogP contribution >= 0.6 is 0 Å². The van der Waals surface area contributed by atoms with Crippen LogP contribution in [0.1, 0.15) is 21.5 Å². The number of carboxylic acid groups (broad SMARTS) is 1. The van der Waals surface area contributed by atoms with Crippen LogP contribution in [0.25, 0.3) is 5.57 Å². The standard InChI is InChI=1S/C18H12N2O4/c21-15-7-5-11(9-19-15)17(12-6-8-16(22)20-10-12)13-3-1-2-4-14(13)18(23)24/h1-10H,(H,19,21)(H,23,24)/b17-12-. The Morgan fingerprint density at radius 1 is 1.00 bits per heavy atom. The monoisotopic (exact) mass is 320 g/mol. The maximum absolute atomic E-state index is 11.6. The SMILES string of the molecule is O=C1C=C/C(=C(\c2ccc(=O)[nH]c2)c2ccccc2C(=O)O)C=N1. The van der Waals surface area contributed by atoms with E-state index in [1.807, 2.05) is 0 Å². The van der Waals surface area contributed by atoms with Gasteiger partial charge in [0.05, 0.1) is 5.56 Å². The van der Waals surface area contributed by atoms with Gasteiger partial charge in [0.2, 0.25) is 5.56 Å². The Labute approximate surface area is 136 Å². The first-order valence-corrected chi connectivity index (χ1v) is 7.08. The Hall–Kier alpha value is -3.54. The minimum Gasteiger partial charge on any atom is -0.478 e. The molecule has 0 fully saturated rings. The number of rotatable bonds is 3. The van der Waals surface area contributed by atoms with Crippen LogP contribution < -0.4 is 5.56 Å². The largest absolute Gasteiger partial charge is 0.478 e. The first-order chi connectivity index (χ1) is 11.6. The number of hydrogen-bond acceptors (Lipinski definition) is 3. The molecule has 1 amide bonds. The van der Waals surface area contributed by atoms with E-state index in [-0.39, 0.29) is 17.0 Å². The number of allylic oxidation sites excluding steroid dienone is 2. The fourth-order valence-corrected chi connectivity index (χ4v) is 2.46. The van der Waals surface area contributed by atoms with E-state index in [0.29, 0.717) is 22.3 Å². The quantitative estimate of drug-likeness (QED) is 0.904.